The van der Waals surface area contributed by atoms with Crippen LogP contribution < -0.4 is 0 Å². The van der Waals surface area contributed by atoms with Crippen LogP contribution in [0.1, 0.15) is 26.2 Å². The molecule has 0 amide bonds. The van der Waals surface area contributed by atoms with E-state index in [1.165, 1.54) is 19.3 Å². The van der Waals surface area contributed by atoms with Gasteiger partial charge in [0.15, 0.2) is 0 Å². The topological polar surface area (TPSA) is 25.1 Å². The number of epoxide rings is 2. The zero-order chi connectivity index (χ0) is 7.42. The van der Waals surface area contributed by atoms with Gasteiger partial charge in [0.1, 0.15) is 0 Å². The van der Waals surface area contributed by atoms with Crippen LogP contribution in [0.4, 0.5) is 0 Å². The van der Waals surface area contributed by atoms with E-state index in [2.05, 4.69) is 6.92 Å². The number of hydrogen-bond donors (Lipinski definition) is 0. The maximum absolute atomic E-state index is 5.56. The van der Waals surface area contributed by atoms with Crippen LogP contribution in [-0.2, 0) is 9.47 Å². The fourth-order valence-electron chi connectivity index (χ4n) is 2.49. The molecule has 2 heteroatoms. The molecule has 3 rings (SSSR count). The molecule has 1 aliphatic carbocycles. The van der Waals surface area contributed by atoms with Crippen molar-refractivity contribution in [2.24, 2.45) is 5.92 Å². The summed E-state index contributed by atoms with van der Waals surface area (Å²) in [5.41, 5.74) is 0. The first kappa shape index (κ1) is 6.44. The van der Waals surface area contributed by atoms with Gasteiger partial charge in [-0.3, -0.25) is 0 Å². The molecule has 0 bridgehead atoms. The summed E-state index contributed by atoms with van der Waals surface area (Å²) < 4.78 is 11.0. The van der Waals surface area contributed by atoms with E-state index in [1.807, 2.05) is 0 Å². The molecule has 3 fully saturated rings. The summed E-state index contributed by atoms with van der Waals surface area (Å²) in [6.45, 7) is 2.16. The lowest BCUT2D eigenvalue weighted by atomic mass is 9.86. The average molecular weight is 154 g/mol. The molecular formula is C9H14O2. The maximum atomic E-state index is 5.56. The zero-order valence-electron chi connectivity index (χ0n) is 6.82. The lowest BCUT2D eigenvalue weighted by molar-refractivity contribution is 0.252. The highest BCUT2D eigenvalue weighted by Gasteiger charge is 2.55. The van der Waals surface area contributed by atoms with Crippen LogP contribution in [0.3, 0.4) is 0 Å². The standard InChI is InChI=1S/C9H14O2/c1-5-8(10-5)6-3-2-4-7-9(6)11-7/h5-9H,2-4H2,1H3. The molecule has 3 aliphatic rings. The summed E-state index contributed by atoms with van der Waals surface area (Å²) in [4.78, 5) is 0. The smallest absolute Gasteiger partial charge is 0.0895 e. The first-order valence-corrected chi connectivity index (χ1v) is 4.67. The second kappa shape index (κ2) is 1.99. The lowest BCUT2D eigenvalue weighted by Gasteiger charge is -2.15. The third-order valence-corrected chi connectivity index (χ3v) is 3.25. The van der Waals surface area contributed by atoms with Crippen LogP contribution in [0, 0.1) is 5.92 Å². The Kier molecular flexibility index (Phi) is 1.16. The predicted molar refractivity (Wildman–Crippen MR) is 40.3 cm³/mol. The lowest BCUT2D eigenvalue weighted by Crippen LogP contribution is -2.22. The number of rotatable bonds is 1. The molecule has 5 atom stereocenters. The highest BCUT2D eigenvalue weighted by atomic mass is 16.6. The van der Waals surface area contributed by atoms with Crippen molar-refractivity contribution in [3.63, 3.8) is 0 Å². The molecular weight excluding hydrogens is 140 g/mol. The van der Waals surface area contributed by atoms with Crippen LogP contribution in [0.5, 0.6) is 0 Å². The molecule has 0 spiro atoms. The Morgan fingerprint density at radius 3 is 2.64 bits per heavy atom. The van der Waals surface area contributed by atoms with E-state index >= 15 is 0 Å². The average Bonchev–Trinajstić information content (AvgIpc) is 2.81. The highest BCUT2D eigenvalue weighted by molar-refractivity contribution is 5.02. The third-order valence-electron chi connectivity index (χ3n) is 3.25. The molecule has 11 heavy (non-hydrogen) atoms. The molecule has 0 N–H and O–H groups in total. The van der Waals surface area contributed by atoms with Crippen molar-refractivity contribution in [3.8, 4) is 0 Å². The largest absolute Gasteiger partial charge is 0.369 e. The highest BCUT2D eigenvalue weighted by Crippen LogP contribution is 2.47. The van der Waals surface area contributed by atoms with Gasteiger partial charge in [0, 0.05) is 5.92 Å². The van der Waals surface area contributed by atoms with Crippen LogP contribution in [0.2, 0.25) is 0 Å². The van der Waals surface area contributed by atoms with Crippen molar-refractivity contribution in [1.29, 1.82) is 0 Å². The summed E-state index contributed by atoms with van der Waals surface area (Å²) >= 11 is 0. The maximum Gasteiger partial charge on any atom is 0.0895 e. The van der Waals surface area contributed by atoms with Crippen LogP contribution >= 0.6 is 0 Å². The van der Waals surface area contributed by atoms with E-state index in [1.54, 1.807) is 0 Å². The van der Waals surface area contributed by atoms with E-state index < -0.39 is 0 Å². The van der Waals surface area contributed by atoms with Crippen molar-refractivity contribution in [3.05, 3.63) is 0 Å². The predicted octanol–water partition coefficient (Wildman–Crippen LogP) is 1.34. The van der Waals surface area contributed by atoms with Gasteiger partial charge < -0.3 is 9.47 Å². The van der Waals surface area contributed by atoms with Crippen molar-refractivity contribution in [2.45, 2.75) is 50.6 Å². The van der Waals surface area contributed by atoms with Gasteiger partial charge in [-0.1, -0.05) is 6.42 Å². The summed E-state index contributed by atoms with van der Waals surface area (Å²) in [6, 6.07) is 0. The van der Waals surface area contributed by atoms with E-state index in [0.717, 1.165) is 5.92 Å². The second-order valence-corrected chi connectivity index (χ2v) is 4.04. The molecule has 62 valence electrons. The summed E-state index contributed by atoms with van der Waals surface area (Å²) in [5.74, 6) is 0.740. The van der Waals surface area contributed by atoms with E-state index in [-0.39, 0.29) is 0 Å². The van der Waals surface area contributed by atoms with Gasteiger partial charge in [-0.2, -0.15) is 0 Å². The minimum atomic E-state index is 0.517. The van der Waals surface area contributed by atoms with E-state index in [0.29, 0.717) is 24.4 Å². The van der Waals surface area contributed by atoms with Crippen LogP contribution in [-0.4, -0.2) is 24.4 Å². The SMILES string of the molecule is CC1OC1C1CCCC2OC21. The van der Waals surface area contributed by atoms with E-state index in [9.17, 15) is 0 Å². The minimum Gasteiger partial charge on any atom is -0.369 e. The third kappa shape index (κ3) is 0.926. The summed E-state index contributed by atoms with van der Waals surface area (Å²) in [6.07, 6.45) is 6.23. The fraction of sp³-hybridized carbons (Fsp3) is 1.00. The van der Waals surface area contributed by atoms with Crippen LogP contribution in [0.15, 0.2) is 0 Å². The minimum absolute atomic E-state index is 0.517. The Morgan fingerprint density at radius 1 is 1.09 bits per heavy atom. The summed E-state index contributed by atoms with van der Waals surface area (Å²) in [5, 5.41) is 0. The first-order chi connectivity index (χ1) is 5.36. The monoisotopic (exact) mass is 154 g/mol. The van der Waals surface area contributed by atoms with Gasteiger partial charge in [0.2, 0.25) is 0 Å². The first-order valence-electron chi connectivity index (χ1n) is 4.67. The molecule has 2 nitrogen and oxygen atoms in total. The number of fused-ring (bicyclic) bond motifs is 1. The molecule has 5 unspecified atom stereocenters. The molecule has 0 aromatic heterocycles. The Labute approximate surface area is 66.9 Å². The van der Waals surface area contributed by atoms with Gasteiger partial charge in [-0.15, -0.1) is 0 Å². The Morgan fingerprint density at radius 2 is 1.91 bits per heavy atom. The molecule has 2 aliphatic heterocycles. The van der Waals surface area contributed by atoms with Crippen molar-refractivity contribution < 1.29 is 9.47 Å². The Balaban J connectivity index is 1.68. The van der Waals surface area contributed by atoms with Gasteiger partial charge in [-0.05, 0) is 19.8 Å². The van der Waals surface area contributed by atoms with E-state index in [4.69, 9.17) is 9.47 Å². The Bertz CT molecular complexity index is 178. The number of ether oxygens (including phenoxy) is 2. The fourth-order valence-corrected chi connectivity index (χ4v) is 2.49. The summed E-state index contributed by atoms with van der Waals surface area (Å²) in [7, 11) is 0. The molecule has 2 heterocycles. The Hall–Kier alpha value is -0.0800. The molecule has 1 saturated carbocycles. The second-order valence-electron chi connectivity index (χ2n) is 4.04. The van der Waals surface area contributed by atoms with Crippen LogP contribution in [0.25, 0.3) is 0 Å². The van der Waals surface area contributed by atoms with Gasteiger partial charge in [0.25, 0.3) is 0 Å². The van der Waals surface area contributed by atoms with Crippen molar-refractivity contribution >= 4 is 0 Å². The molecule has 2 saturated heterocycles. The van der Waals surface area contributed by atoms with Gasteiger partial charge in [-0.25, -0.2) is 0 Å². The zero-order valence-corrected chi connectivity index (χ0v) is 6.82. The molecule has 0 radical (unpaired) electrons. The van der Waals surface area contributed by atoms with Crippen molar-refractivity contribution in [1.82, 2.24) is 0 Å². The van der Waals surface area contributed by atoms with Crippen molar-refractivity contribution in [2.75, 3.05) is 0 Å². The van der Waals surface area contributed by atoms with Gasteiger partial charge >= 0.3 is 0 Å². The molecule has 0 aromatic rings. The quantitative estimate of drug-likeness (QED) is 0.532. The number of hydrogen-bond acceptors (Lipinski definition) is 2. The molecule has 0 aromatic carbocycles. The normalized spacial score (nSPS) is 60.3. The van der Waals surface area contributed by atoms with Gasteiger partial charge in [0.05, 0.1) is 24.4 Å².